The van der Waals surface area contributed by atoms with Crippen molar-refractivity contribution < 1.29 is 0 Å². The van der Waals surface area contributed by atoms with Crippen molar-refractivity contribution in [2.45, 2.75) is 31.3 Å². The number of nitrogens with zero attached hydrogens (tertiary/aromatic N) is 4. The van der Waals surface area contributed by atoms with Crippen molar-refractivity contribution in [1.82, 2.24) is 20.0 Å². The molecule has 1 fully saturated rings. The molecule has 0 aromatic carbocycles. The van der Waals surface area contributed by atoms with Crippen LogP contribution in [0.15, 0.2) is 0 Å². The Morgan fingerprint density at radius 1 is 1.29 bits per heavy atom. The van der Waals surface area contributed by atoms with Gasteiger partial charge in [0.05, 0.1) is 6.54 Å². The third-order valence-corrected chi connectivity index (χ3v) is 4.65. The maximum absolute atomic E-state index is 5.78. The minimum Gasteiger partial charge on any atom is -0.302 e. The van der Waals surface area contributed by atoms with E-state index in [0.29, 0.717) is 10.0 Å². The van der Waals surface area contributed by atoms with E-state index in [-0.39, 0.29) is 0 Å². The Kier molecular flexibility index (Phi) is 4.02. The summed E-state index contributed by atoms with van der Waals surface area (Å²) >= 11 is 7.25. The molecular weight excluding hydrogens is 256 g/mol. The van der Waals surface area contributed by atoms with E-state index < -0.39 is 0 Å². The van der Waals surface area contributed by atoms with E-state index in [9.17, 15) is 0 Å². The second kappa shape index (κ2) is 5.18. The molecule has 0 aliphatic heterocycles. The normalized spacial score (nSPS) is 18.7. The monoisotopic (exact) mass is 274 g/mol. The number of halogens is 1. The van der Waals surface area contributed by atoms with Gasteiger partial charge in [-0.1, -0.05) is 11.3 Å². The molecule has 0 bridgehead atoms. The Balaban J connectivity index is 1.90. The fourth-order valence-corrected chi connectivity index (χ4v) is 3.37. The summed E-state index contributed by atoms with van der Waals surface area (Å²) in [7, 11) is 6.49. The third-order valence-electron chi connectivity index (χ3n) is 3.64. The summed E-state index contributed by atoms with van der Waals surface area (Å²) in [6.45, 7) is 1.91. The van der Waals surface area contributed by atoms with Gasteiger partial charge in [-0.2, -0.15) is 0 Å². The standard InChI is InChI=1S/C11H19ClN4S/c1-15(2)11(5-4-6-11)8-16(3)7-9-13-14-10(12)17-9/h4-8H2,1-3H3. The Bertz CT molecular complexity index is 375. The van der Waals surface area contributed by atoms with Gasteiger partial charge in [-0.25, -0.2) is 0 Å². The predicted octanol–water partition coefficient (Wildman–Crippen LogP) is 2.11. The highest BCUT2D eigenvalue weighted by Gasteiger charge is 2.39. The van der Waals surface area contributed by atoms with Crippen molar-refractivity contribution in [1.29, 1.82) is 0 Å². The Hall–Kier alpha value is -0.230. The number of likely N-dealkylation sites (N-methyl/N-ethyl adjacent to an activating group) is 2. The summed E-state index contributed by atoms with van der Waals surface area (Å²) in [6, 6.07) is 0. The first-order valence-corrected chi connectivity index (χ1v) is 7.05. The van der Waals surface area contributed by atoms with Gasteiger partial charge in [0.15, 0.2) is 0 Å². The summed E-state index contributed by atoms with van der Waals surface area (Å²) < 4.78 is 0.527. The number of rotatable bonds is 5. The molecule has 1 aromatic rings. The van der Waals surface area contributed by atoms with E-state index >= 15 is 0 Å². The van der Waals surface area contributed by atoms with Crippen LogP contribution >= 0.6 is 22.9 Å². The predicted molar refractivity (Wildman–Crippen MR) is 71.5 cm³/mol. The Labute approximate surface area is 112 Å². The van der Waals surface area contributed by atoms with Crippen LogP contribution in [0.2, 0.25) is 4.47 Å². The van der Waals surface area contributed by atoms with E-state index in [1.165, 1.54) is 30.6 Å². The lowest BCUT2D eigenvalue weighted by atomic mass is 9.75. The van der Waals surface area contributed by atoms with E-state index in [2.05, 4.69) is 41.1 Å². The number of aromatic nitrogens is 2. The first-order chi connectivity index (χ1) is 8.02. The Morgan fingerprint density at radius 3 is 2.41 bits per heavy atom. The molecule has 1 aliphatic rings. The van der Waals surface area contributed by atoms with Gasteiger partial charge in [-0.15, -0.1) is 10.2 Å². The summed E-state index contributed by atoms with van der Waals surface area (Å²) in [5.74, 6) is 0. The van der Waals surface area contributed by atoms with Gasteiger partial charge in [-0.05, 0) is 52.0 Å². The lowest BCUT2D eigenvalue weighted by Crippen LogP contribution is -2.56. The van der Waals surface area contributed by atoms with Gasteiger partial charge in [0, 0.05) is 12.1 Å². The van der Waals surface area contributed by atoms with E-state index in [0.717, 1.165) is 18.1 Å². The molecule has 96 valence electrons. The zero-order chi connectivity index (χ0) is 12.5. The van der Waals surface area contributed by atoms with Crippen LogP contribution in [-0.2, 0) is 6.54 Å². The van der Waals surface area contributed by atoms with Crippen molar-refractivity contribution in [3.8, 4) is 0 Å². The largest absolute Gasteiger partial charge is 0.302 e. The molecule has 1 aromatic heterocycles. The molecule has 1 heterocycles. The van der Waals surface area contributed by atoms with E-state index in [1.54, 1.807) is 0 Å². The molecular formula is C11H19ClN4S. The van der Waals surface area contributed by atoms with Crippen molar-refractivity contribution in [3.05, 3.63) is 9.47 Å². The highest BCUT2D eigenvalue weighted by molar-refractivity contribution is 7.15. The third kappa shape index (κ3) is 2.96. The van der Waals surface area contributed by atoms with Gasteiger partial charge in [-0.3, -0.25) is 4.90 Å². The van der Waals surface area contributed by atoms with Crippen LogP contribution in [0.25, 0.3) is 0 Å². The van der Waals surface area contributed by atoms with Crippen LogP contribution in [-0.4, -0.2) is 53.2 Å². The van der Waals surface area contributed by atoms with Crippen molar-refractivity contribution in [2.24, 2.45) is 0 Å². The van der Waals surface area contributed by atoms with Gasteiger partial charge in [0.2, 0.25) is 4.47 Å². The molecule has 0 unspecified atom stereocenters. The smallest absolute Gasteiger partial charge is 0.207 e. The number of hydrogen-bond donors (Lipinski definition) is 0. The molecule has 0 spiro atoms. The molecule has 1 aliphatic carbocycles. The molecule has 0 saturated heterocycles. The highest BCUT2D eigenvalue weighted by atomic mass is 35.5. The fourth-order valence-electron chi connectivity index (χ4n) is 2.42. The second-order valence-corrected chi connectivity index (χ2v) is 6.74. The lowest BCUT2D eigenvalue weighted by Gasteiger charge is -2.49. The molecule has 0 atom stereocenters. The quantitative estimate of drug-likeness (QED) is 0.823. The average molecular weight is 275 g/mol. The first kappa shape index (κ1) is 13.2. The van der Waals surface area contributed by atoms with Crippen LogP contribution in [0.3, 0.4) is 0 Å². The van der Waals surface area contributed by atoms with Crippen LogP contribution in [0.4, 0.5) is 0 Å². The second-order valence-electron chi connectivity index (χ2n) is 5.09. The number of hydrogen-bond acceptors (Lipinski definition) is 5. The molecule has 2 rings (SSSR count). The Morgan fingerprint density at radius 2 is 2.00 bits per heavy atom. The molecule has 17 heavy (non-hydrogen) atoms. The van der Waals surface area contributed by atoms with Gasteiger partial charge >= 0.3 is 0 Å². The molecule has 0 amide bonds. The van der Waals surface area contributed by atoms with Crippen molar-refractivity contribution in [2.75, 3.05) is 27.7 Å². The van der Waals surface area contributed by atoms with E-state index in [4.69, 9.17) is 11.6 Å². The first-order valence-electron chi connectivity index (χ1n) is 5.86. The summed E-state index contributed by atoms with van der Waals surface area (Å²) in [5, 5.41) is 8.88. The van der Waals surface area contributed by atoms with Gasteiger partial charge in [0.25, 0.3) is 0 Å². The topological polar surface area (TPSA) is 32.3 Å². The maximum Gasteiger partial charge on any atom is 0.207 e. The van der Waals surface area contributed by atoms with Crippen molar-refractivity contribution in [3.63, 3.8) is 0 Å². The fraction of sp³-hybridized carbons (Fsp3) is 0.818. The average Bonchev–Trinajstić information content (AvgIpc) is 2.57. The minimum absolute atomic E-state index is 0.364. The summed E-state index contributed by atoms with van der Waals surface area (Å²) in [6.07, 6.45) is 3.93. The molecule has 0 radical (unpaired) electrons. The summed E-state index contributed by atoms with van der Waals surface area (Å²) in [4.78, 5) is 4.68. The SMILES string of the molecule is CN(Cc1nnc(Cl)s1)CC1(N(C)C)CCC1. The highest BCUT2D eigenvalue weighted by Crippen LogP contribution is 2.36. The lowest BCUT2D eigenvalue weighted by molar-refractivity contribution is 0.0258. The van der Waals surface area contributed by atoms with Crippen LogP contribution in [0.1, 0.15) is 24.3 Å². The van der Waals surface area contributed by atoms with Crippen LogP contribution in [0, 0.1) is 0 Å². The molecule has 6 heteroatoms. The van der Waals surface area contributed by atoms with Gasteiger partial charge < -0.3 is 4.90 Å². The molecule has 1 saturated carbocycles. The molecule has 0 N–H and O–H groups in total. The maximum atomic E-state index is 5.78. The van der Waals surface area contributed by atoms with Crippen LogP contribution in [0.5, 0.6) is 0 Å². The van der Waals surface area contributed by atoms with Crippen LogP contribution < -0.4 is 0 Å². The summed E-state index contributed by atoms with van der Waals surface area (Å²) in [5.41, 5.74) is 0.364. The van der Waals surface area contributed by atoms with Gasteiger partial charge in [0.1, 0.15) is 5.01 Å². The van der Waals surface area contributed by atoms with Crippen molar-refractivity contribution >= 4 is 22.9 Å². The zero-order valence-corrected chi connectivity index (χ0v) is 12.2. The van der Waals surface area contributed by atoms with E-state index in [1.807, 2.05) is 0 Å². The molecule has 4 nitrogen and oxygen atoms in total. The minimum atomic E-state index is 0.364. The zero-order valence-electron chi connectivity index (χ0n) is 10.6.